The summed E-state index contributed by atoms with van der Waals surface area (Å²) in [7, 11) is 0. The molecule has 4 heteroatoms. The summed E-state index contributed by atoms with van der Waals surface area (Å²) < 4.78 is 26.6. The zero-order chi connectivity index (χ0) is 17.0. The minimum atomic E-state index is -0.488. The minimum absolute atomic E-state index is 0.253. The van der Waals surface area contributed by atoms with Gasteiger partial charge in [-0.1, -0.05) is 6.58 Å². The first-order valence-corrected chi connectivity index (χ1v) is 7.71. The van der Waals surface area contributed by atoms with Gasteiger partial charge in [-0.25, -0.2) is 8.78 Å². The number of hydrogen-bond acceptors (Lipinski definition) is 0. The van der Waals surface area contributed by atoms with Gasteiger partial charge in [0.15, 0.2) is 0 Å². The van der Waals surface area contributed by atoms with Crippen molar-refractivity contribution in [3.05, 3.63) is 65.4 Å². The van der Waals surface area contributed by atoms with E-state index >= 15 is 0 Å². The average molecular weight is 322 g/mol. The van der Waals surface area contributed by atoms with E-state index in [1.165, 1.54) is 12.1 Å². The lowest BCUT2D eigenvalue weighted by Crippen LogP contribution is -1.80. The van der Waals surface area contributed by atoms with Crippen molar-refractivity contribution < 1.29 is 8.78 Å². The molecule has 2 aromatic heterocycles. The molecule has 4 rings (SSSR count). The number of aromatic nitrogens is 2. The zero-order valence-corrected chi connectivity index (χ0v) is 13.4. The number of H-pyrrole nitrogens is 2. The van der Waals surface area contributed by atoms with Crippen LogP contribution in [0.2, 0.25) is 0 Å². The Morgan fingerprint density at radius 3 is 2.50 bits per heavy atom. The highest BCUT2D eigenvalue weighted by atomic mass is 19.1. The smallest absolute Gasteiger partial charge is 0.123 e. The fourth-order valence-corrected chi connectivity index (χ4v) is 3.34. The Morgan fingerprint density at radius 1 is 1.00 bits per heavy atom. The quantitative estimate of drug-likeness (QED) is 0.421. The molecule has 0 amide bonds. The number of nitrogens with one attached hydrogen (secondary N) is 2. The first-order valence-electron chi connectivity index (χ1n) is 7.71. The van der Waals surface area contributed by atoms with Crippen LogP contribution >= 0.6 is 0 Å². The van der Waals surface area contributed by atoms with Crippen LogP contribution in [0, 0.1) is 19.7 Å². The van der Waals surface area contributed by atoms with Crippen LogP contribution in [0.1, 0.15) is 16.8 Å². The van der Waals surface area contributed by atoms with E-state index in [9.17, 15) is 8.78 Å². The molecule has 0 atom stereocenters. The molecule has 0 unspecified atom stereocenters. The summed E-state index contributed by atoms with van der Waals surface area (Å²) in [6.07, 6.45) is 3.02. The van der Waals surface area contributed by atoms with E-state index in [2.05, 4.69) is 22.6 Å². The van der Waals surface area contributed by atoms with Gasteiger partial charge in [-0.2, -0.15) is 0 Å². The Bertz CT molecular complexity index is 1160. The Labute approximate surface area is 137 Å². The van der Waals surface area contributed by atoms with Crippen molar-refractivity contribution in [2.45, 2.75) is 13.8 Å². The van der Waals surface area contributed by atoms with E-state index < -0.39 is 5.83 Å². The second-order valence-corrected chi connectivity index (χ2v) is 6.11. The van der Waals surface area contributed by atoms with Crippen molar-refractivity contribution in [3.8, 4) is 0 Å². The third-order valence-electron chi connectivity index (χ3n) is 4.61. The van der Waals surface area contributed by atoms with Gasteiger partial charge in [0.25, 0.3) is 0 Å². The number of rotatable bonds is 2. The van der Waals surface area contributed by atoms with Crippen LogP contribution in [-0.2, 0) is 0 Å². The van der Waals surface area contributed by atoms with Gasteiger partial charge in [-0.05, 0) is 61.4 Å². The van der Waals surface area contributed by atoms with E-state index in [0.29, 0.717) is 0 Å². The Kier molecular flexibility index (Phi) is 3.10. The number of aryl methyl sites for hydroxylation is 2. The van der Waals surface area contributed by atoms with Gasteiger partial charge in [-0.15, -0.1) is 0 Å². The number of benzene rings is 2. The van der Waals surface area contributed by atoms with E-state index in [0.717, 1.165) is 49.5 Å². The highest BCUT2D eigenvalue weighted by Gasteiger charge is 2.14. The minimum Gasteiger partial charge on any atom is -0.355 e. The van der Waals surface area contributed by atoms with E-state index in [-0.39, 0.29) is 5.82 Å². The Morgan fingerprint density at radius 2 is 1.75 bits per heavy atom. The summed E-state index contributed by atoms with van der Waals surface area (Å²) in [4.78, 5) is 6.71. The lowest BCUT2D eigenvalue weighted by molar-refractivity contribution is 0.630. The molecule has 4 aromatic rings. The average Bonchev–Trinajstić information content (AvgIpc) is 3.05. The molecule has 0 bridgehead atoms. The third-order valence-corrected chi connectivity index (χ3v) is 4.61. The molecule has 24 heavy (non-hydrogen) atoms. The van der Waals surface area contributed by atoms with Crippen LogP contribution in [0.3, 0.4) is 0 Å². The first-order chi connectivity index (χ1) is 11.5. The van der Waals surface area contributed by atoms with Crippen molar-refractivity contribution >= 4 is 38.8 Å². The fourth-order valence-electron chi connectivity index (χ4n) is 3.34. The van der Waals surface area contributed by atoms with Gasteiger partial charge in [-0.3, -0.25) is 0 Å². The van der Waals surface area contributed by atoms with Crippen molar-refractivity contribution in [1.29, 1.82) is 0 Å². The lowest BCUT2D eigenvalue weighted by atomic mass is 10.0. The van der Waals surface area contributed by atoms with Crippen molar-refractivity contribution in [2.75, 3.05) is 0 Å². The molecule has 0 saturated carbocycles. The zero-order valence-electron chi connectivity index (χ0n) is 13.4. The number of aromatic amines is 2. The van der Waals surface area contributed by atoms with Gasteiger partial charge in [0, 0.05) is 27.4 Å². The second kappa shape index (κ2) is 5.06. The van der Waals surface area contributed by atoms with Crippen LogP contribution < -0.4 is 0 Å². The topological polar surface area (TPSA) is 31.6 Å². The molecular weight excluding hydrogens is 306 g/mol. The van der Waals surface area contributed by atoms with E-state index in [4.69, 9.17) is 0 Å². The molecule has 2 aromatic carbocycles. The van der Waals surface area contributed by atoms with Crippen molar-refractivity contribution in [3.63, 3.8) is 0 Å². The number of allylic oxidation sites excluding steroid dienone is 2. The number of halogens is 2. The molecule has 0 aliphatic rings. The fraction of sp³-hybridized carbons (Fsp3) is 0.100. The van der Waals surface area contributed by atoms with E-state index in [1.54, 1.807) is 18.2 Å². The van der Waals surface area contributed by atoms with Crippen LogP contribution in [-0.4, -0.2) is 9.97 Å². The molecule has 0 aliphatic carbocycles. The predicted octanol–water partition coefficient (Wildman–Crippen LogP) is 6.05. The molecule has 0 fully saturated rings. The Balaban J connectivity index is 2.08. The van der Waals surface area contributed by atoms with Crippen LogP contribution in [0.25, 0.3) is 38.8 Å². The van der Waals surface area contributed by atoms with Gasteiger partial charge in [0.05, 0.1) is 11.0 Å². The summed E-state index contributed by atoms with van der Waals surface area (Å²) in [6.45, 7) is 7.25. The summed E-state index contributed by atoms with van der Waals surface area (Å²) >= 11 is 0. The summed E-state index contributed by atoms with van der Waals surface area (Å²) in [6, 6.07) is 6.82. The van der Waals surface area contributed by atoms with Gasteiger partial charge in [0.2, 0.25) is 0 Å². The summed E-state index contributed by atoms with van der Waals surface area (Å²) in [5, 5.41) is 2.90. The number of hydrogen-bond donors (Lipinski definition) is 2. The molecule has 120 valence electrons. The largest absolute Gasteiger partial charge is 0.355 e. The second-order valence-electron chi connectivity index (χ2n) is 6.11. The monoisotopic (exact) mass is 322 g/mol. The molecule has 0 spiro atoms. The third kappa shape index (κ3) is 2.07. The molecule has 2 heterocycles. The predicted molar refractivity (Wildman–Crippen MR) is 96.4 cm³/mol. The van der Waals surface area contributed by atoms with Crippen LogP contribution in [0.5, 0.6) is 0 Å². The van der Waals surface area contributed by atoms with E-state index in [1.807, 2.05) is 13.8 Å². The van der Waals surface area contributed by atoms with Gasteiger partial charge in [0.1, 0.15) is 11.6 Å². The maximum Gasteiger partial charge on any atom is 0.123 e. The normalized spacial score (nSPS) is 12.2. The van der Waals surface area contributed by atoms with Crippen molar-refractivity contribution in [1.82, 2.24) is 9.97 Å². The maximum absolute atomic E-state index is 13.6. The highest BCUT2D eigenvalue weighted by Crippen LogP contribution is 2.35. The maximum atomic E-state index is 13.6. The molecule has 0 saturated heterocycles. The van der Waals surface area contributed by atoms with Gasteiger partial charge >= 0.3 is 0 Å². The molecular formula is C20H16F2N2. The van der Waals surface area contributed by atoms with Crippen molar-refractivity contribution in [2.24, 2.45) is 0 Å². The first kappa shape index (κ1) is 14.7. The standard InChI is InChI=1S/C20H16F2N2/c1-10(21)4-6-17-11(2)14-9-16-15-8-13(22)5-7-18(15)24-20(16)12(3)19(14)23-17/h4-9,23-24H,1H2,2-3H3/b6-4-. The lowest BCUT2D eigenvalue weighted by Gasteiger charge is -2.00. The molecule has 0 radical (unpaired) electrons. The Hall–Kier alpha value is -2.88. The molecule has 2 N–H and O–H groups in total. The molecule has 2 nitrogen and oxygen atoms in total. The highest BCUT2D eigenvalue weighted by molar-refractivity contribution is 6.14. The van der Waals surface area contributed by atoms with Crippen LogP contribution in [0.15, 0.2) is 42.7 Å². The summed E-state index contributed by atoms with van der Waals surface area (Å²) in [5.74, 6) is -0.740. The molecule has 0 aliphatic heterocycles. The summed E-state index contributed by atoms with van der Waals surface area (Å²) in [5.41, 5.74) is 5.81. The van der Waals surface area contributed by atoms with Crippen LogP contribution in [0.4, 0.5) is 8.78 Å². The number of fused-ring (bicyclic) bond motifs is 4. The SMILES string of the molecule is C=C(F)/C=C\c1[nH]c2c(C)c3[nH]c4ccc(F)cc4c3cc2c1C. The van der Waals surface area contributed by atoms with Gasteiger partial charge < -0.3 is 9.97 Å².